The van der Waals surface area contributed by atoms with Crippen molar-refractivity contribution in [2.24, 2.45) is 5.41 Å². The van der Waals surface area contributed by atoms with Gasteiger partial charge in [-0.05, 0) is 51.4 Å². The van der Waals surface area contributed by atoms with Gasteiger partial charge in [0, 0.05) is 26.2 Å². The summed E-state index contributed by atoms with van der Waals surface area (Å²) in [7, 11) is 2.26. The van der Waals surface area contributed by atoms with Crippen molar-refractivity contribution < 1.29 is 0 Å². The van der Waals surface area contributed by atoms with Crippen LogP contribution in [0.2, 0.25) is 0 Å². The summed E-state index contributed by atoms with van der Waals surface area (Å²) in [5.41, 5.74) is 0.370. The van der Waals surface area contributed by atoms with E-state index in [4.69, 9.17) is 0 Å². The van der Waals surface area contributed by atoms with Crippen LogP contribution >= 0.6 is 0 Å². The fraction of sp³-hybridized carbons (Fsp3) is 1.00. The summed E-state index contributed by atoms with van der Waals surface area (Å²) in [6, 6.07) is 0. The van der Waals surface area contributed by atoms with Crippen molar-refractivity contribution in [1.29, 1.82) is 0 Å². The molecule has 3 nitrogen and oxygen atoms in total. The summed E-state index contributed by atoms with van der Waals surface area (Å²) in [5.74, 6) is 0. The highest BCUT2D eigenvalue weighted by Crippen LogP contribution is 2.15. The molecule has 1 rings (SSSR count). The van der Waals surface area contributed by atoms with Gasteiger partial charge >= 0.3 is 0 Å². The molecular weight excluding hydrogens is 222 g/mol. The molecular formula is C15H33N3. The summed E-state index contributed by atoms with van der Waals surface area (Å²) >= 11 is 0. The number of nitrogens with one attached hydrogen (secondary N) is 1. The fourth-order valence-electron chi connectivity index (χ4n) is 2.79. The van der Waals surface area contributed by atoms with Crippen LogP contribution in [0.5, 0.6) is 0 Å². The summed E-state index contributed by atoms with van der Waals surface area (Å²) in [4.78, 5) is 5.09. The van der Waals surface area contributed by atoms with Gasteiger partial charge in [0.15, 0.2) is 0 Å². The normalized spacial score (nSPS) is 17.8. The first kappa shape index (κ1) is 15.9. The van der Waals surface area contributed by atoms with Gasteiger partial charge in [-0.2, -0.15) is 0 Å². The van der Waals surface area contributed by atoms with E-state index in [2.05, 4.69) is 42.9 Å². The standard InChI is InChI=1S/C15H33N3/c1-5-8-16-13-15(2,3)14-17(4)11-12-18-9-6-7-10-18/h16H,5-14H2,1-4H3. The second kappa shape index (κ2) is 8.13. The third-order valence-corrected chi connectivity index (χ3v) is 3.72. The van der Waals surface area contributed by atoms with Crippen LogP contribution in [0.25, 0.3) is 0 Å². The van der Waals surface area contributed by atoms with E-state index in [0.717, 1.165) is 13.1 Å². The van der Waals surface area contributed by atoms with Crippen LogP contribution in [-0.2, 0) is 0 Å². The van der Waals surface area contributed by atoms with Gasteiger partial charge in [0.2, 0.25) is 0 Å². The minimum Gasteiger partial charge on any atom is -0.316 e. The number of nitrogens with zero attached hydrogens (tertiary/aromatic N) is 2. The molecule has 0 aliphatic carbocycles. The SMILES string of the molecule is CCCNCC(C)(C)CN(C)CCN1CCCC1. The molecule has 3 heteroatoms. The molecule has 1 heterocycles. The molecule has 0 aromatic rings. The van der Waals surface area contributed by atoms with Gasteiger partial charge in [-0.25, -0.2) is 0 Å². The lowest BCUT2D eigenvalue weighted by Crippen LogP contribution is -2.41. The molecule has 0 bridgehead atoms. The maximum absolute atomic E-state index is 3.54. The number of hydrogen-bond acceptors (Lipinski definition) is 3. The van der Waals surface area contributed by atoms with E-state index in [-0.39, 0.29) is 0 Å². The van der Waals surface area contributed by atoms with Crippen molar-refractivity contribution in [3.8, 4) is 0 Å². The number of likely N-dealkylation sites (N-methyl/N-ethyl adjacent to an activating group) is 1. The maximum Gasteiger partial charge on any atom is 0.0109 e. The Morgan fingerprint density at radius 1 is 1.22 bits per heavy atom. The third kappa shape index (κ3) is 6.72. The van der Waals surface area contributed by atoms with Gasteiger partial charge in [-0.15, -0.1) is 0 Å². The highest BCUT2D eigenvalue weighted by atomic mass is 15.2. The minimum absolute atomic E-state index is 0.370. The second-order valence-electron chi connectivity index (χ2n) is 6.63. The van der Waals surface area contributed by atoms with E-state index in [0.29, 0.717) is 5.41 Å². The number of likely N-dealkylation sites (tertiary alicyclic amines) is 1. The summed E-state index contributed by atoms with van der Waals surface area (Å²) in [6.07, 6.45) is 4.02. The maximum atomic E-state index is 3.54. The predicted molar refractivity (Wildman–Crippen MR) is 80.1 cm³/mol. The van der Waals surface area contributed by atoms with Gasteiger partial charge in [-0.3, -0.25) is 0 Å². The Morgan fingerprint density at radius 2 is 1.89 bits per heavy atom. The van der Waals surface area contributed by atoms with E-state index < -0.39 is 0 Å². The Hall–Kier alpha value is -0.120. The molecule has 0 amide bonds. The largest absolute Gasteiger partial charge is 0.316 e. The molecule has 0 saturated carbocycles. The van der Waals surface area contributed by atoms with E-state index in [1.165, 1.54) is 52.0 Å². The zero-order valence-electron chi connectivity index (χ0n) is 13.0. The minimum atomic E-state index is 0.370. The van der Waals surface area contributed by atoms with Crippen molar-refractivity contribution >= 4 is 0 Å². The van der Waals surface area contributed by atoms with Crippen LogP contribution in [-0.4, -0.2) is 62.7 Å². The molecule has 0 aromatic heterocycles. The van der Waals surface area contributed by atoms with Crippen LogP contribution in [0.15, 0.2) is 0 Å². The van der Waals surface area contributed by atoms with E-state index in [1.807, 2.05) is 0 Å². The number of rotatable bonds is 9. The van der Waals surface area contributed by atoms with Crippen LogP contribution in [0, 0.1) is 5.41 Å². The van der Waals surface area contributed by atoms with Gasteiger partial charge in [0.1, 0.15) is 0 Å². The Morgan fingerprint density at radius 3 is 2.50 bits per heavy atom. The van der Waals surface area contributed by atoms with Crippen LogP contribution in [0.1, 0.15) is 40.0 Å². The average molecular weight is 255 g/mol. The van der Waals surface area contributed by atoms with Crippen molar-refractivity contribution in [2.45, 2.75) is 40.0 Å². The van der Waals surface area contributed by atoms with Gasteiger partial charge in [0.05, 0.1) is 0 Å². The topological polar surface area (TPSA) is 18.5 Å². The molecule has 1 fully saturated rings. The van der Waals surface area contributed by atoms with Crippen LogP contribution in [0.4, 0.5) is 0 Å². The second-order valence-corrected chi connectivity index (χ2v) is 6.63. The lowest BCUT2D eigenvalue weighted by molar-refractivity contribution is 0.184. The first-order valence-electron chi connectivity index (χ1n) is 7.65. The summed E-state index contributed by atoms with van der Waals surface area (Å²) in [6.45, 7) is 15.5. The monoisotopic (exact) mass is 255 g/mol. The zero-order chi connectivity index (χ0) is 13.4. The molecule has 0 radical (unpaired) electrons. The van der Waals surface area contributed by atoms with Crippen molar-refractivity contribution in [1.82, 2.24) is 15.1 Å². The average Bonchev–Trinajstić information content (AvgIpc) is 2.78. The van der Waals surface area contributed by atoms with E-state index in [1.54, 1.807) is 0 Å². The predicted octanol–water partition coefficient (Wildman–Crippen LogP) is 2.04. The first-order valence-corrected chi connectivity index (χ1v) is 7.65. The molecule has 0 atom stereocenters. The molecule has 108 valence electrons. The zero-order valence-corrected chi connectivity index (χ0v) is 13.0. The molecule has 1 N–H and O–H groups in total. The quantitative estimate of drug-likeness (QED) is 0.636. The lowest BCUT2D eigenvalue weighted by atomic mass is 9.92. The Labute approximate surface area is 114 Å². The van der Waals surface area contributed by atoms with E-state index >= 15 is 0 Å². The number of hydrogen-bond donors (Lipinski definition) is 1. The molecule has 18 heavy (non-hydrogen) atoms. The fourth-order valence-corrected chi connectivity index (χ4v) is 2.79. The van der Waals surface area contributed by atoms with E-state index in [9.17, 15) is 0 Å². The van der Waals surface area contributed by atoms with Gasteiger partial charge in [0.25, 0.3) is 0 Å². The van der Waals surface area contributed by atoms with Crippen LogP contribution < -0.4 is 5.32 Å². The smallest absolute Gasteiger partial charge is 0.0109 e. The first-order chi connectivity index (χ1) is 8.53. The summed E-state index contributed by atoms with van der Waals surface area (Å²) in [5, 5.41) is 3.54. The Kier molecular flexibility index (Phi) is 7.20. The summed E-state index contributed by atoms with van der Waals surface area (Å²) < 4.78 is 0. The molecule has 1 aliphatic heterocycles. The van der Waals surface area contributed by atoms with Gasteiger partial charge in [-0.1, -0.05) is 20.8 Å². The van der Waals surface area contributed by atoms with Crippen LogP contribution in [0.3, 0.4) is 0 Å². The highest BCUT2D eigenvalue weighted by molar-refractivity contribution is 4.76. The molecule has 1 aliphatic rings. The molecule has 1 saturated heterocycles. The van der Waals surface area contributed by atoms with Gasteiger partial charge < -0.3 is 15.1 Å². The Bertz CT molecular complexity index is 210. The lowest BCUT2D eigenvalue weighted by Gasteiger charge is -2.31. The van der Waals surface area contributed by atoms with Crippen molar-refractivity contribution in [3.63, 3.8) is 0 Å². The van der Waals surface area contributed by atoms with Crippen molar-refractivity contribution in [2.75, 3.05) is 52.9 Å². The van der Waals surface area contributed by atoms with Crippen molar-refractivity contribution in [3.05, 3.63) is 0 Å². The molecule has 0 aromatic carbocycles. The third-order valence-electron chi connectivity index (χ3n) is 3.72. The Balaban J connectivity index is 2.14. The molecule has 0 unspecified atom stereocenters. The molecule has 0 spiro atoms. The highest BCUT2D eigenvalue weighted by Gasteiger charge is 2.20.